The summed E-state index contributed by atoms with van der Waals surface area (Å²) in [6.45, 7) is -1.55. The summed E-state index contributed by atoms with van der Waals surface area (Å²) >= 11 is 0. The van der Waals surface area contributed by atoms with Gasteiger partial charge in [0.25, 0.3) is 12.3 Å². The highest BCUT2D eigenvalue weighted by molar-refractivity contribution is 5.96. The van der Waals surface area contributed by atoms with Crippen LogP contribution >= 0.6 is 0 Å². The molecule has 0 unspecified atom stereocenters. The number of rotatable bonds is 6. The number of alkyl halides is 2. The molecule has 6 nitrogen and oxygen atoms in total. The number of pyridine rings is 1. The molecule has 1 aromatic heterocycles. The highest BCUT2D eigenvalue weighted by atomic mass is 19.3. The van der Waals surface area contributed by atoms with Crippen LogP contribution in [0.25, 0.3) is 0 Å². The Bertz CT molecular complexity index is 468. The summed E-state index contributed by atoms with van der Waals surface area (Å²) in [5.74, 6) is -2.10. The van der Waals surface area contributed by atoms with E-state index in [2.05, 4.69) is 4.98 Å². The van der Waals surface area contributed by atoms with Crippen LogP contribution in [0.5, 0.6) is 0 Å². The number of aliphatic hydroxyl groups excluding tert-OH is 1. The van der Waals surface area contributed by atoms with Gasteiger partial charge in [0.15, 0.2) is 0 Å². The quantitative estimate of drug-likeness (QED) is 0.787. The van der Waals surface area contributed by atoms with Crippen molar-refractivity contribution < 1.29 is 28.6 Å². The van der Waals surface area contributed by atoms with Gasteiger partial charge in [-0.05, 0) is 12.1 Å². The lowest BCUT2D eigenvalue weighted by molar-refractivity contribution is 0.0509. The number of nitrogens with zero attached hydrogens (tertiary/aromatic N) is 2. The third-order valence-electron chi connectivity index (χ3n) is 2.24. The predicted octanol–water partition coefficient (Wildman–Crippen LogP) is 0.479. The van der Waals surface area contributed by atoms with Crippen molar-refractivity contribution in [1.29, 1.82) is 0 Å². The summed E-state index contributed by atoms with van der Waals surface area (Å²) in [5, 5.41) is 17.5. The standard InChI is InChI=1S/C11H12F2N2O4/c12-9(13)6-15(3-4-16)10(17)7-1-2-14-8(5-7)11(18)19/h1-2,5,9,16H,3-4,6H2,(H,18,19). The summed E-state index contributed by atoms with van der Waals surface area (Å²) in [6, 6.07) is 2.23. The van der Waals surface area contributed by atoms with E-state index in [4.69, 9.17) is 10.2 Å². The maximum Gasteiger partial charge on any atom is 0.354 e. The second kappa shape index (κ2) is 6.74. The van der Waals surface area contributed by atoms with Gasteiger partial charge in [0.1, 0.15) is 5.69 Å². The smallest absolute Gasteiger partial charge is 0.354 e. The lowest BCUT2D eigenvalue weighted by Crippen LogP contribution is -2.37. The Labute approximate surface area is 107 Å². The third-order valence-corrected chi connectivity index (χ3v) is 2.24. The molecule has 0 saturated heterocycles. The molecule has 0 fully saturated rings. The van der Waals surface area contributed by atoms with Crippen LogP contribution in [0, 0.1) is 0 Å². The Morgan fingerprint density at radius 2 is 2.11 bits per heavy atom. The molecule has 1 aromatic rings. The van der Waals surface area contributed by atoms with Gasteiger partial charge in [-0.1, -0.05) is 0 Å². The SMILES string of the molecule is O=C(O)c1cc(C(=O)N(CCO)CC(F)F)ccn1. The van der Waals surface area contributed by atoms with Crippen molar-refractivity contribution in [2.24, 2.45) is 0 Å². The minimum Gasteiger partial charge on any atom is -0.477 e. The fourth-order valence-corrected chi connectivity index (χ4v) is 1.43. The molecule has 0 aliphatic carbocycles. The topological polar surface area (TPSA) is 90.7 Å². The first-order valence-electron chi connectivity index (χ1n) is 5.33. The lowest BCUT2D eigenvalue weighted by atomic mass is 10.2. The van der Waals surface area contributed by atoms with Crippen LogP contribution in [0.2, 0.25) is 0 Å². The molecule has 1 heterocycles. The van der Waals surface area contributed by atoms with Crippen LogP contribution in [0.4, 0.5) is 8.78 Å². The molecular weight excluding hydrogens is 262 g/mol. The largest absolute Gasteiger partial charge is 0.477 e. The normalized spacial score (nSPS) is 10.5. The highest BCUT2D eigenvalue weighted by Crippen LogP contribution is 2.08. The van der Waals surface area contributed by atoms with Gasteiger partial charge in [-0.3, -0.25) is 4.79 Å². The first kappa shape index (κ1) is 15.0. The van der Waals surface area contributed by atoms with Gasteiger partial charge in [0, 0.05) is 18.3 Å². The number of halogens is 2. The van der Waals surface area contributed by atoms with E-state index < -0.39 is 31.5 Å². The molecule has 0 aliphatic heterocycles. The van der Waals surface area contributed by atoms with Gasteiger partial charge in [-0.2, -0.15) is 0 Å². The zero-order valence-electron chi connectivity index (χ0n) is 9.79. The maximum absolute atomic E-state index is 12.3. The first-order chi connectivity index (χ1) is 8.95. The molecule has 0 bridgehead atoms. The summed E-state index contributed by atoms with van der Waals surface area (Å²) < 4.78 is 24.6. The van der Waals surface area contributed by atoms with E-state index >= 15 is 0 Å². The third kappa shape index (κ3) is 4.25. The zero-order valence-corrected chi connectivity index (χ0v) is 9.79. The number of carbonyl (C=O) groups excluding carboxylic acids is 1. The van der Waals surface area contributed by atoms with Crippen molar-refractivity contribution in [2.75, 3.05) is 19.7 Å². The zero-order chi connectivity index (χ0) is 14.4. The number of hydrogen-bond donors (Lipinski definition) is 2. The van der Waals surface area contributed by atoms with Crippen molar-refractivity contribution in [2.45, 2.75) is 6.43 Å². The van der Waals surface area contributed by atoms with E-state index in [1.807, 2.05) is 0 Å². The van der Waals surface area contributed by atoms with Gasteiger partial charge < -0.3 is 15.1 Å². The van der Waals surface area contributed by atoms with Crippen molar-refractivity contribution in [3.63, 3.8) is 0 Å². The van der Waals surface area contributed by atoms with Crippen LogP contribution in [0.1, 0.15) is 20.8 Å². The number of carboxylic acid groups (broad SMARTS) is 1. The first-order valence-corrected chi connectivity index (χ1v) is 5.33. The van der Waals surface area contributed by atoms with Gasteiger partial charge in [-0.25, -0.2) is 18.6 Å². The number of carbonyl (C=O) groups is 2. The molecule has 0 aliphatic rings. The molecule has 0 atom stereocenters. The average molecular weight is 274 g/mol. The van der Waals surface area contributed by atoms with Crippen molar-refractivity contribution in [1.82, 2.24) is 9.88 Å². The molecule has 0 saturated carbocycles. The Morgan fingerprint density at radius 1 is 1.42 bits per heavy atom. The van der Waals surface area contributed by atoms with Crippen LogP contribution in [-0.2, 0) is 0 Å². The average Bonchev–Trinajstić information content (AvgIpc) is 2.37. The van der Waals surface area contributed by atoms with E-state index in [1.54, 1.807) is 0 Å². The van der Waals surface area contributed by atoms with Crippen LogP contribution in [0.15, 0.2) is 18.3 Å². The van der Waals surface area contributed by atoms with Crippen molar-refractivity contribution in [3.8, 4) is 0 Å². The van der Waals surface area contributed by atoms with Gasteiger partial charge >= 0.3 is 5.97 Å². The second-order valence-electron chi connectivity index (χ2n) is 3.60. The van der Waals surface area contributed by atoms with Gasteiger partial charge in [-0.15, -0.1) is 0 Å². The number of amides is 1. The molecule has 0 aromatic carbocycles. The molecule has 0 radical (unpaired) electrons. The molecule has 2 N–H and O–H groups in total. The van der Waals surface area contributed by atoms with E-state index in [0.29, 0.717) is 0 Å². The summed E-state index contributed by atoms with van der Waals surface area (Å²) in [4.78, 5) is 26.9. The lowest BCUT2D eigenvalue weighted by Gasteiger charge is -2.21. The number of aromatic carboxylic acids is 1. The van der Waals surface area contributed by atoms with Gasteiger partial charge in [0.05, 0.1) is 13.2 Å². The van der Waals surface area contributed by atoms with Crippen LogP contribution < -0.4 is 0 Å². The Kier molecular flexibility index (Phi) is 5.31. The van der Waals surface area contributed by atoms with E-state index in [0.717, 1.165) is 17.2 Å². The monoisotopic (exact) mass is 274 g/mol. The molecular formula is C11H12F2N2O4. The van der Waals surface area contributed by atoms with E-state index in [9.17, 15) is 18.4 Å². The Hall–Kier alpha value is -2.09. The predicted molar refractivity (Wildman–Crippen MR) is 60.2 cm³/mol. The van der Waals surface area contributed by atoms with Crippen molar-refractivity contribution in [3.05, 3.63) is 29.6 Å². The summed E-state index contributed by atoms with van der Waals surface area (Å²) in [6.07, 6.45) is -1.63. The number of aromatic nitrogens is 1. The number of aliphatic hydroxyl groups is 1. The summed E-state index contributed by atoms with van der Waals surface area (Å²) in [5.41, 5.74) is -0.423. The maximum atomic E-state index is 12.3. The van der Waals surface area contributed by atoms with E-state index in [-0.39, 0.29) is 17.8 Å². The Balaban J connectivity index is 2.95. The molecule has 104 valence electrons. The van der Waals surface area contributed by atoms with E-state index in [1.165, 1.54) is 6.07 Å². The fraction of sp³-hybridized carbons (Fsp3) is 0.364. The fourth-order valence-electron chi connectivity index (χ4n) is 1.43. The number of hydrogen-bond acceptors (Lipinski definition) is 4. The van der Waals surface area contributed by atoms with Crippen LogP contribution in [0.3, 0.4) is 0 Å². The minimum absolute atomic E-state index is 0.0681. The molecule has 1 amide bonds. The van der Waals surface area contributed by atoms with Crippen molar-refractivity contribution >= 4 is 11.9 Å². The molecule has 1 rings (SSSR count). The molecule has 8 heteroatoms. The molecule has 19 heavy (non-hydrogen) atoms. The number of carboxylic acids is 1. The Morgan fingerprint density at radius 3 is 2.63 bits per heavy atom. The summed E-state index contributed by atoms with van der Waals surface area (Å²) in [7, 11) is 0. The molecule has 0 spiro atoms. The highest BCUT2D eigenvalue weighted by Gasteiger charge is 2.20. The van der Waals surface area contributed by atoms with Gasteiger partial charge in [0.2, 0.25) is 0 Å². The minimum atomic E-state index is -2.74. The van der Waals surface area contributed by atoms with Crippen LogP contribution in [-0.4, -0.2) is 58.1 Å². The second-order valence-corrected chi connectivity index (χ2v) is 3.60.